The second-order valence-corrected chi connectivity index (χ2v) is 5.77. The molecule has 1 atom stereocenters. The highest BCUT2D eigenvalue weighted by molar-refractivity contribution is 5.94. The Morgan fingerprint density at radius 1 is 1.15 bits per heavy atom. The van der Waals surface area contributed by atoms with E-state index in [0.29, 0.717) is 5.69 Å². The van der Waals surface area contributed by atoms with Crippen molar-refractivity contribution in [3.05, 3.63) is 58.7 Å². The molecule has 0 aliphatic carbocycles. The maximum atomic E-state index is 12.5. The number of nitrogens with zero attached hydrogens (tertiary/aromatic N) is 4. The number of aryl methyl sites for hydroxylation is 2. The van der Waals surface area contributed by atoms with Gasteiger partial charge in [0, 0.05) is 0 Å². The monoisotopic (exact) mass is 355 g/mol. The highest BCUT2D eigenvalue weighted by Gasteiger charge is 2.27. The average molecular weight is 355 g/mol. The molecule has 26 heavy (non-hydrogen) atoms. The van der Waals surface area contributed by atoms with Crippen LogP contribution in [-0.2, 0) is 0 Å². The number of carbonyl (C=O) groups is 2. The number of carboxylic acids is 1. The van der Waals surface area contributed by atoms with E-state index in [-0.39, 0.29) is 22.7 Å². The molecule has 0 radical (unpaired) electrons. The van der Waals surface area contributed by atoms with Gasteiger partial charge in [-0.15, -0.1) is 5.10 Å². The molecule has 9 heteroatoms. The quantitative estimate of drug-likeness (QED) is 0.718. The molecule has 0 unspecified atom stereocenters. The molecule has 3 rings (SSSR count). The van der Waals surface area contributed by atoms with Crippen molar-refractivity contribution in [3.63, 3.8) is 0 Å². The van der Waals surface area contributed by atoms with Crippen LogP contribution in [0.2, 0.25) is 0 Å². The van der Waals surface area contributed by atoms with E-state index in [1.807, 2.05) is 30.3 Å². The van der Waals surface area contributed by atoms with E-state index in [1.165, 1.54) is 11.7 Å². The molecule has 0 bridgehead atoms. The summed E-state index contributed by atoms with van der Waals surface area (Å²) in [6, 6.07) is 8.50. The number of aromatic carboxylic acids is 1. The van der Waals surface area contributed by atoms with Crippen molar-refractivity contribution in [2.24, 2.45) is 0 Å². The van der Waals surface area contributed by atoms with E-state index < -0.39 is 17.9 Å². The second-order valence-electron chi connectivity index (χ2n) is 5.77. The zero-order valence-electron chi connectivity index (χ0n) is 14.4. The fourth-order valence-electron chi connectivity index (χ4n) is 2.54. The molecule has 0 aliphatic rings. The summed E-state index contributed by atoms with van der Waals surface area (Å²) in [6.07, 6.45) is 0. The van der Waals surface area contributed by atoms with Crippen molar-refractivity contribution in [2.75, 3.05) is 0 Å². The van der Waals surface area contributed by atoms with E-state index in [0.717, 1.165) is 5.69 Å². The van der Waals surface area contributed by atoms with Gasteiger partial charge in [-0.1, -0.05) is 23.4 Å². The minimum Gasteiger partial charge on any atom is -0.477 e. The maximum absolute atomic E-state index is 12.5. The predicted octanol–water partition coefficient (Wildman–Crippen LogP) is 2.06. The van der Waals surface area contributed by atoms with Gasteiger partial charge in [0.15, 0.2) is 11.5 Å². The lowest BCUT2D eigenvalue weighted by Crippen LogP contribution is -2.28. The van der Waals surface area contributed by atoms with Crippen molar-refractivity contribution in [1.82, 2.24) is 25.5 Å². The second kappa shape index (κ2) is 6.79. The Balaban J connectivity index is 1.83. The summed E-state index contributed by atoms with van der Waals surface area (Å²) in [7, 11) is 0. The van der Waals surface area contributed by atoms with Gasteiger partial charge >= 0.3 is 5.97 Å². The fraction of sp³-hybridized carbons (Fsp3) is 0.235. The van der Waals surface area contributed by atoms with Gasteiger partial charge in [-0.05, 0) is 32.9 Å². The topological polar surface area (TPSA) is 123 Å². The van der Waals surface area contributed by atoms with Crippen LogP contribution in [0.4, 0.5) is 0 Å². The van der Waals surface area contributed by atoms with E-state index in [1.54, 1.807) is 13.8 Å². The smallest absolute Gasteiger partial charge is 0.341 e. The fourth-order valence-corrected chi connectivity index (χ4v) is 2.54. The molecule has 0 aliphatic heterocycles. The molecule has 134 valence electrons. The number of hydrogen-bond donors (Lipinski definition) is 2. The Kier molecular flexibility index (Phi) is 4.53. The number of aromatic nitrogens is 4. The lowest BCUT2D eigenvalue weighted by molar-refractivity contribution is 0.0690. The third-order valence-corrected chi connectivity index (χ3v) is 3.83. The lowest BCUT2D eigenvalue weighted by Gasteiger charge is -2.10. The van der Waals surface area contributed by atoms with Gasteiger partial charge in [-0.3, -0.25) is 4.79 Å². The first-order valence-electron chi connectivity index (χ1n) is 7.88. The van der Waals surface area contributed by atoms with Crippen molar-refractivity contribution in [1.29, 1.82) is 0 Å². The molecule has 2 heterocycles. The summed E-state index contributed by atoms with van der Waals surface area (Å²) < 4.78 is 5.07. The number of rotatable bonds is 5. The minimum atomic E-state index is -1.16. The predicted molar refractivity (Wildman–Crippen MR) is 90.2 cm³/mol. The van der Waals surface area contributed by atoms with Crippen LogP contribution in [0.15, 0.2) is 34.9 Å². The average Bonchev–Trinajstić information content (AvgIpc) is 3.18. The summed E-state index contributed by atoms with van der Waals surface area (Å²) in [6.45, 7) is 4.81. The van der Waals surface area contributed by atoms with Gasteiger partial charge in [0.25, 0.3) is 5.91 Å². The Morgan fingerprint density at radius 2 is 1.85 bits per heavy atom. The standard InChI is InChI=1S/C17H17N5O4/c1-9-13(17(24)25)15(26-21-9)11(3)18-16(23)14-10(2)19-22(20-14)12-7-5-4-6-8-12/h4-8,11H,1-3H3,(H,18,23)(H,24,25)/t11-/m1/s1. The molecule has 2 N–H and O–H groups in total. The van der Waals surface area contributed by atoms with Gasteiger partial charge in [0.1, 0.15) is 5.56 Å². The summed E-state index contributed by atoms with van der Waals surface area (Å²) in [4.78, 5) is 25.3. The molecule has 3 aromatic rings. The van der Waals surface area contributed by atoms with Gasteiger partial charge in [0.2, 0.25) is 0 Å². The van der Waals surface area contributed by atoms with Crippen LogP contribution in [0, 0.1) is 13.8 Å². The maximum Gasteiger partial charge on any atom is 0.341 e. The van der Waals surface area contributed by atoms with E-state index in [4.69, 9.17) is 4.52 Å². The number of benzene rings is 1. The highest BCUT2D eigenvalue weighted by atomic mass is 16.5. The summed E-state index contributed by atoms with van der Waals surface area (Å²) in [5.41, 5.74) is 1.52. The molecule has 9 nitrogen and oxygen atoms in total. The number of para-hydroxylation sites is 1. The molecule has 0 fully saturated rings. The van der Waals surface area contributed by atoms with Crippen LogP contribution in [0.1, 0.15) is 51.0 Å². The molecule has 1 aromatic carbocycles. The van der Waals surface area contributed by atoms with Crippen LogP contribution >= 0.6 is 0 Å². The lowest BCUT2D eigenvalue weighted by atomic mass is 10.1. The van der Waals surface area contributed by atoms with Gasteiger partial charge in [0.05, 0.1) is 23.1 Å². The number of nitrogens with one attached hydrogen (secondary N) is 1. The zero-order chi connectivity index (χ0) is 18.8. The number of hydrogen-bond acceptors (Lipinski definition) is 6. The normalized spacial score (nSPS) is 12.0. The van der Waals surface area contributed by atoms with E-state index in [9.17, 15) is 14.7 Å². The largest absolute Gasteiger partial charge is 0.477 e. The van der Waals surface area contributed by atoms with E-state index >= 15 is 0 Å². The van der Waals surface area contributed by atoms with Gasteiger partial charge in [-0.25, -0.2) is 4.79 Å². The Morgan fingerprint density at radius 3 is 2.50 bits per heavy atom. The third kappa shape index (κ3) is 3.18. The zero-order valence-corrected chi connectivity index (χ0v) is 14.4. The molecule has 0 saturated heterocycles. The summed E-state index contributed by atoms with van der Waals surface area (Å²) in [5, 5.41) is 24.1. The molecular weight excluding hydrogens is 338 g/mol. The Bertz CT molecular complexity index is 961. The van der Waals surface area contributed by atoms with Crippen LogP contribution in [0.5, 0.6) is 0 Å². The first-order valence-corrected chi connectivity index (χ1v) is 7.88. The van der Waals surface area contributed by atoms with Crippen LogP contribution in [-0.4, -0.2) is 37.1 Å². The van der Waals surface area contributed by atoms with Crippen LogP contribution in [0.25, 0.3) is 5.69 Å². The Hall–Kier alpha value is -3.49. The third-order valence-electron chi connectivity index (χ3n) is 3.83. The number of carboxylic acid groups (broad SMARTS) is 1. The minimum absolute atomic E-state index is 0.0533. The first kappa shape index (κ1) is 17.3. The van der Waals surface area contributed by atoms with E-state index in [2.05, 4.69) is 20.7 Å². The van der Waals surface area contributed by atoms with Crippen molar-refractivity contribution in [2.45, 2.75) is 26.8 Å². The van der Waals surface area contributed by atoms with Crippen LogP contribution in [0.3, 0.4) is 0 Å². The first-order chi connectivity index (χ1) is 12.4. The van der Waals surface area contributed by atoms with Crippen LogP contribution < -0.4 is 5.32 Å². The van der Waals surface area contributed by atoms with Gasteiger partial charge < -0.3 is 14.9 Å². The van der Waals surface area contributed by atoms with Crippen molar-refractivity contribution in [3.8, 4) is 5.69 Å². The molecule has 0 spiro atoms. The highest BCUT2D eigenvalue weighted by Crippen LogP contribution is 2.21. The van der Waals surface area contributed by atoms with Crippen molar-refractivity contribution >= 4 is 11.9 Å². The SMILES string of the molecule is Cc1nn(-c2ccccc2)nc1C(=O)N[C@H](C)c1onc(C)c1C(=O)O. The molecule has 2 aromatic heterocycles. The Labute approximate surface area is 148 Å². The summed E-state index contributed by atoms with van der Waals surface area (Å²) in [5.74, 6) is -1.56. The molecule has 1 amide bonds. The molecular formula is C17H17N5O4. The number of amides is 1. The number of carbonyl (C=O) groups excluding carboxylic acids is 1. The molecule has 0 saturated carbocycles. The summed E-state index contributed by atoms with van der Waals surface area (Å²) >= 11 is 0. The van der Waals surface area contributed by atoms with Crippen molar-refractivity contribution < 1.29 is 19.2 Å². The van der Waals surface area contributed by atoms with Gasteiger partial charge in [-0.2, -0.15) is 9.90 Å².